The lowest BCUT2D eigenvalue weighted by molar-refractivity contribution is 0.282. The molecule has 0 saturated carbocycles. The van der Waals surface area contributed by atoms with Crippen LogP contribution in [0, 0.1) is 0 Å². The number of aliphatic hydroxyl groups is 1. The lowest BCUT2D eigenvalue weighted by Crippen LogP contribution is -2.17. The monoisotopic (exact) mass is 389 g/mol. The second-order valence-electron chi connectivity index (χ2n) is 4.05. The molecule has 0 atom stereocenters. The van der Waals surface area contributed by atoms with Crippen LogP contribution in [-0.4, -0.2) is 12.2 Å². The van der Waals surface area contributed by atoms with Gasteiger partial charge in [-0.25, -0.2) is 0 Å². The fraction of sp³-hybridized carbons (Fsp3) is 0.231. The number of hydrogen-bond donors (Lipinski definition) is 1. The molecule has 0 unspecified atom stereocenters. The quantitative estimate of drug-likeness (QED) is 0.836. The molecular formula is C13H13Br2NOS. The van der Waals surface area contributed by atoms with E-state index in [0.29, 0.717) is 0 Å². The maximum atomic E-state index is 9.38. The van der Waals surface area contributed by atoms with Gasteiger partial charge in [0, 0.05) is 29.3 Å². The number of aliphatic hydroxyl groups excluding tert-OH is 1. The van der Waals surface area contributed by atoms with Crippen molar-refractivity contribution in [3.63, 3.8) is 0 Å². The van der Waals surface area contributed by atoms with Crippen molar-refractivity contribution < 1.29 is 5.11 Å². The molecule has 1 aromatic carbocycles. The molecule has 0 spiro atoms. The molecule has 18 heavy (non-hydrogen) atoms. The van der Waals surface area contributed by atoms with Gasteiger partial charge in [0.15, 0.2) is 0 Å². The third kappa shape index (κ3) is 3.35. The molecule has 2 aromatic rings. The van der Waals surface area contributed by atoms with Crippen molar-refractivity contribution in [3.05, 3.63) is 49.0 Å². The summed E-state index contributed by atoms with van der Waals surface area (Å²) in [6, 6.07) is 8.05. The van der Waals surface area contributed by atoms with Crippen molar-refractivity contribution in [2.75, 3.05) is 11.9 Å². The largest absolute Gasteiger partial charge is 0.392 e. The highest BCUT2D eigenvalue weighted by Gasteiger charge is 2.09. The topological polar surface area (TPSA) is 23.5 Å². The molecule has 0 amide bonds. The van der Waals surface area contributed by atoms with Crippen LogP contribution in [0.3, 0.4) is 0 Å². The van der Waals surface area contributed by atoms with Gasteiger partial charge >= 0.3 is 0 Å². The lowest BCUT2D eigenvalue weighted by Gasteiger charge is -2.21. The third-order valence-corrected chi connectivity index (χ3v) is 4.72. The van der Waals surface area contributed by atoms with E-state index in [1.54, 1.807) is 11.3 Å². The van der Waals surface area contributed by atoms with E-state index in [0.717, 1.165) is 26.1 Å². The minimum absolute atomic E-state index is 0.0558. The van der Waals surface area contributed by atoms with E-state index in [9.17, 15) is 5.11 Å². The SMILES string of the molecule is CN(Cc1csc(Br)c1)c1cc(Br)ccc1CO. The molecule has 1 N–H and O–H groups in total. The Morgan fingerprint density at radius 3 is 2.67 bits per heavy atom. The summed E-state index contributed by atoms with van der Waals surface area (Å²) in [7, 11) is 2.03. The molecule has 0 aliphatic rings. The first-order chi connectivity index (χ1) is 8.60. The van der Waals surface area contributed by atoms with Gasteiger partial charge in [-0.05, 0) is 45.1 Å². The van der Waals surface area contributed by atoms with Crippen molar-refractivity contribution in [2.24, 2.45) is 0 Å². The molecule has 96 valence electrons. The molecule has 1 heterocycles. The Labute approximate surface area is 128 Å². The van der Waals surface area contributed by atoms with Crippen molar-refractivity contribution in [3.8, 4) is 0 Å². The summed E-state index contributed by atoms with van der Waals surface area (Å²) in [6.45, 7) is 0.881. The van der Waals surface area contributed by atoms with Crippen LogP contribution in [0.2, 0.25) is 0 Å². The van der Waals surface area contributed by atoms with Gasteiger partial charge in [0.2, 0.25) is 0 Å². The van der Waals surface area contributed by atoms with Crippen LogP contribution in [0.15, 0.2) is 37.9 Å². The maximum absolute atomic E-state index is 9.38. The average molecular weight is 391 g/mol. The summed E-state index contributed by atoms with van der Waals surface area (Å²) in [5.41, 5.74) is 3.25. The summed E-state index contributed by atoms with van der Waals surface area (Å²) < 4.78 is 2.16. The number of hydrogen-bond acceptors (Lipinski definition) is 3. The molecule has 0 fully saturated rings. The van der Waals surface area contributed by atoms with Crippen molar-refractivity contribution in [2.45, 2.75) is 13.2 Å². The zero-order valence-corrected chi connectivity index (χ0v) is 13.8. The van der Waals surface area contributed by atoms with Gasteiger partial charge in [0.05, 0.1) is 10.4 Å². The predicted octanol–water partition coefficient (Wildman–Crippen LogP) is 4.40. The van der Waals surface area contributed by atoms with Gasteiger partial charge in [-0.2, -0.15) is 0 Å². The van der Waals surface area contributed by atoms with E-state index in [1.165, 1.54) is 5.56 Å². The van der Waals surface area contributed by atoms with Gasteiger partial charge in [-0.3, -0.25) is 0 Å². The molecule has 0 aliphatic carbocycles. The summed E-state index contributed by atoms with van der Waals surface area (Å²) >= 11 is 8.63. The van der Waals surface area contributed by atoms with E-state index < -0.39 is 0 Å². The number of thiophene rings is 1. The number of rotatable bonds is 4. The smallest absolute Gasteiger partial charge is 0.0702 e. The summed E-state index contributed by atoms with van der Waals surface area (Å²) in [6.07, 6.45) is 0. The second-order valence-corrected chi connectivity index (χ2v) is 7.25. The number of nitrogens with zero attached hydrogens (tertiary/aromatic N) is 1. The predicted molar refractivity (Wildman–Crippen MR) is 84.2 cm³/mol. The molecular weight excluding hydrogens is 378 g/mol. The zero-order valence-electron chi connectivity index (χ0n) is 9.86. The minimum atomic E-state index is 0.0558. The molecule has 0 radical (unpaired) electrons. The van der Waals surface area contributed by atoms with Crippen molar-refractivity contribution >= 4 is 48.9 Å². The summed E-state index contributed by atoms with van der Waals surface area (Å²) in [5.74, 6) is 0. The van der Waals surface area contributed by atoms with Crippen LogP contribution < -0.4 is 4.90 Å². The molecule has 1 aromatic heterocycles. The van der Waals surface area contributed by atoms with Crippen molar-refractivity contribution in [1.29, 1.82) is 0 Å². The van der Waals surface area contributed by atoms with Gasteiger partial charge in [0.25, 0.3) is 0 Å². The highest BCUT2D eigenvalue weighted by molar-refractivity contribution is 9.11. The second kappa shape index (κ2) is 6.19. The number of anilines is 1. The van der Waals surface area contributed by atoms with E-state index in [4.69, 9.17) is 0 Å². The standard InChI is InChI=1S/C13H13Br2NOS/c1-16(6-9-4-13(15)18-8-9)12-5-11(14)3-2-10(12)7-17/h2-5,8,17H,6-7H2,1H3. The van der Waals surface area contributed by atoms with E-state index >= 15 is 0 Å². The van der Waals surface area contributed by atoms with Crippen LogP contribution in [0.4, 0.5) is 5.69 Å². The van der Waals surface area contributed by atoms with Crippen LogP contribution >= 0.6 is 43.2 Å². The van der Waals surface area contributed by atoms with E-state index in [-0.39, 0.29) is 6.61 Å². The molecule has 2 nitrogen and oxygen atoms in total. The van der Waals surface area contributed by atoms with Crippen molar-refractivity contribution in [1.82, 2.24) is 0 Å². The average Bonchev–Trinajstić information content (AvgIpc) is 2.74. The summed E-state index contributed by atoms with van der Waals surface area (Å²) in [4.78, 5) is 2.14. The van der Waals surface area contributed by atoms with Crippen LogP contribution in [0.25, 0.3) is 0 Å². The van der Waals surface area contributed by atoms with Gasteiger partial charge in [0.1, 0.15) is 0 Å². The molecule has 0 aliphatic heterocycles. The zero-order chi connectivity index (χ0) is 13.1. The van der Waals surface area contributed by atoms with Gasteiger partial charge < -0.3 is 10.0 Å². The molecule has 0 bridgehead atoms. The Bertz CT molecular complexity index is 542. The Kier molecular flexibility index (Phi) is 4.84. The third-order valence-electron chi connectivity index (χ3n) is 2.67. The van der Waals surface area contributed by atoms with E-state index in [2.05, 4.69) is 48.2 Å². The number of halogens is 2. The normalized spacial score (nSPS) is 10.7. The van der Waals surface area contributed by atoms with Crippen LogP contribution in [-0.2, 0) is 13.2 Å². The first-order valence-corrected chi connectivity index (χ1v) is 7.90. The molecule has 5 heteroatoms. The maximum Gasteiger partial charge on any atom is 0.0702 e. The van der Waals surface area contributed by atoms with Crippen LogP contribution in [0.1, 0.15) is 11.1 Å². The van der Waals surface area contributed by atoms with E-state index in [1.807, 2.05) is 25.2 Å². The Balaban J connectivity index is 2.22. The summed E-state index contributed by atoms with van der Waals surface area (Å²) in [5, 5.41) is 11.5. The molecule has 2 rings (SSSR count). The van der Waals surface area contributed by atoms with Gasteiger partial charge in [-0.1, -0.05) is 22.0 Å². The number of benzene rings is 1. The fourth-order valence-corrected chi connectivity index (χ4v) is 3.36. The highest BCUT2D eigenvalue weighted by atomic mass is 79.9. The Morgan fingerprint density at radius 2 is 2.06 bits per heavy atom. The Morgan fingerprint density at radius 1 is 1.28 bits per heavy atom. The highest BCUT2D eigenvalue weighted by Crippen LogP contribution is 2.27. The Hall–Kier alpha value is -0.360. The fourth-order valence-electron chi connectivity index (χ4n) is 1.81. The van der Waals surface area contributed by atoms with Crippen LogP contribution in [0.5, 0.6) is 0 Å². The first-order valence-electron chi connectivity index (χ1n) is 5.43. The van der Waals surface area contributed by atoms with Gasteiger partial charge in [-0.15, -0.1) is 11.3 Å². The first kappa shape index (κ1) is 14.1. The molecule has 0 saturated heterocycles. The lowest BCUT2D eigenvalue weighted by atomic mass is 10.1. The minimum Gasteiger partial charge on any atom is -0.392 e.